The van der Waals surface area contributed by atoms with Gasteiger partial charge in [-0.15, -0.1) is 5.10 Å². The van der Waals surface area contributed by atoms with Gasteiger partial charge >= 0.3 is 0 Å². The SMILES string of the molecule is COc1ccccc1-n1cc(-c2cn(CCN3CCOCC3)nn2)cn1. The number of benzene rings is 1. The molecule has 0 aliphatic carbocycles. The first-order chi connectivity index (χ1) is 12.8. The van der Waals surface area contributed by atoms with Crippen LogP contribution in [0.5, 0.6) is 5.75 Å². The molecule has 2 aromatic heterocycles. The van der Waals surface area contributed by atoms with Crippen LogP contribution in [0.1, 0.15) is 0 Å². The van der Waals surface area contributed by atoms with E-state index in [2.05, 4.69) is 20.3 Å². The summed E-state index contributed by atoms with van der Waals surface area (Å²) in [4.78, 5) is 2.38. The minimum absolute atomic E-state index is 0.774. The number of nitrogens with zero attached hydrogens (tertiary/aromatic N) is 6. The topological polar surface area (TPSA) is 70.2 Å². The van der Waals surface area contributed by atoms with Crippen molar-refractivity contribution in [3.05, 3.63) is 42.9 Å². The monoisotopic (exact) mass is 354 g/mol. The van der Waals surface area contributed by atoms with Crippen LogP contribution in [0.4, 0.5) is 0 Å². The standard InChI is InChI=1S/C18H22N6O2/c1-25-18-5-3-2-4-17(18)24-13-15(12-19-24)16-14-23(21-20-16)7-6-22-8-10-26-11-9-22/h2-5,12-14H,6-11H2,1H3. The van der Waals surface area contributed by atoms with E-state index < -0.39 is 0 Å². The molecule has 0 N–H and O–H groups in total. The molecule has 0 atom stereocenters. The van der Waals surface area contributed by atoms with Gasteiger partial charge in [-0.25, -0.2) is 4.68 Å². The fraction of sp³-hybridized carbons (Fsp3) is 0.389. The molecule has 8 nitrogen and oxygen atoms in total. The van der Waals surface area contributed by atoms with Crippen LogP contribution >= 0.6 is 0 Å². The first kappa shape index (κ1) is 16.7. The highest BCUT2D eigenvalue weighted by atomic mass is 16.5. The molecule has 1 aliphatic heterocycles. The summed E-state index contributed by atoms with van der Waals surface area (Å²) in [6.45, 7) is 5.34. The lowest BCUT2D eigenvalue weighted by atomic mass is 10.2. The molecule has 0 amide bonds. The zero-order chi connectivity index (χ0) is 17.8. The van der Waals surface area contributed by atoms with E-state index in [9.17, 15) is 0 Å². The van der Waals surface area contributed by atoms with Crippen LogP contribution in [0.2, 0.25) is 0 Å². The number of hydrogen-bond acceptors (Lipinski definition) is 6. The van der Waals surface area contributed by atoms with Crippen molar-refractivity contribution in [2.45, 2.75) is 6.54 Å². The predicted octanol–water partition coefficient (Wildman–Crippen LogP) is 1.47. The minimum atomic E-state index is 0.774. The highest BCUT2D eigenvalue weighted by Crippen LogP contribution is 2.24. The number of hydrogen-bond donors (Lipinski definition) is 0. The van der Waals surface area contributed by atoms with Gasteiger partial charge in [0, 0.05) is 31.4 Å². The molecule has 26 heavy (non-hydrogen) atoms. The molecule has 1 fully saturated rings. The Labute approximate surface area is 151 Å². The van der Waals surface area contributed by atoms with E-state index in [1.165, 1.54) is 0 Å². The fourth-order valence-corrected chi connectivity index (χ4v) is 3.01. The van der Waals surface area contributed by atoms with Gasteiger partial charge in [0.2, 0.25) is 0 Å². The van der Waals surface area contributed by atoms with Gasteiger partial charge in [-0.05, 0) is 12.1 Å². The largest absolute Gasteiger partial charge is 0.494 e. The second kappa shape index (κ2) is 7.67. The molecule has 3 aromatic rings. The second-order valence-corrected chi connectivity index (χ2v) is 6.17. The van der Waals surface area contributed by atoms with Crippen LogP contribution in [0, 0.1) is 0 Å². The number of para-hydroxylation sites is 2. The van der Waals surface area contributed by atoms with E-state index in [1.54, 1.807) is 18.0 Å². The first-order valence-electron chi connectivity index (χ1n) is 8.72. The maximum Gasteiger partial charge on any atom is 0.144 e. The molecule has 0 radical (unpaired) electrons. The molecule has 0 bridgehead atoms. The predicted molar refractivity (Wildman–Crippen MR) is 96.4 cm³/mol. The Morgan fingerprint density at radius 3 is 2.81 bits per heavy atom. The molecule has 1 saturated heterocycles. The maximum absolute atomic E-state index is 5.40. The van der Waals surface area contributed by atoms with Crippen LogP contribution < -0.4 is 4.74 Å². The number of ether oxygens (including phenoxy) is 2. The van der Waals surface area contributed by atoms with Gasteiger partial charge in [0.1, 0.15) is 17.1 Å². The summed E-state index contributed by atoms with van der Waals surface area (Å²) in [6.07, 6.45) is 5.70. The lowest BCUT2D eigenvalue weighted by Crippen LogP contribution is -2.38. The van der Waals surface area contributed by atoms with E-state index in [1.807, 2.05) is 41.3 Å². The number of methoxy groups -OCH3 is 1. The molecular weight excluding hydrogens is 332 g/mol. The summed E-state index contributed by atoms with van der Waals surface area (Å²) in [6, 6.07) is 7.78. The van der Waals surface area contributed by atoms with Crippen LogP contribution in [-0.4, -0.2) is 69.6 Å². The molecule has 0 saturated carbocycles. The lowest BCUT2D eigenvalue weighted by Gasteiger charge is -2.26. The Bertz CT molecular complexity index is 853. The highest BCUT2D eigenvalue weighted by molar-refractivity contribution is 5.57. The van der Waals surface area contributed by atoms with Gasteiger partial charge in [-0.1, -0.05) is 17.3 Å². The van der Waals surface area contributed by atoms with Crippen molar-refractivity contribution in [1.29, 1.82) is 0 Å². The molecular formula is C18H22N6O2. The molecule has 4 rings (SSSR count). The van der Waals surface area contributed by atoms with Gasteiger partial charge in [0.25, 0.3) is 0 Å². The van der Waals surface area contributed by atoms with Gasteiger partial charge in [0.15, 0.2) is 0 Å². The molecule has 0 spiro atoms. The molecule has 1 aliphatic rings. The average molecular weight is 354 g/mol. The van der Waals surface area contributed by atoms with Crippen molar-refractivity contribution in [3.8, 4) is 22.7 Å². The Morgan fingerprint density at radius 1 is 1.12 bits per heavy atom. The van der Waals surface area contributed by atoms with Crippen LogP contribution in [-0.2, 0) is 11.3 Å². The van der Waals surface area contributed by atoms with Crippen molar-refractivity contribution < 1.29 is 9.47 Å². The van der Waals surface area contributed by atoms with Gasteiger partial charge < -0.3 is 9.47 Å². The van der Waals surface area contributed by atoms with Crippen LogP contribution in [0.3, 0.4) is 0 Å². The Hall–Kier alpha value is -2.71. The summed E-state index contributed by atoms with van der Waals surface area (Å²) in [7, 11) is 1.66. The van der Waals surface area contributed by atoms with Gasteiger partial charge in [-0.3, -0.25) is 9.58 Å². The molecule has 136 valence electrons. The van der Waals surface area contributed by atoms with Crippen molar-refractivity contribution in [3.63, 3.8) is 0 Å². The van der Waals surface area contributed by atoms with Gasteiger partial charge in [-0.2, -0.15) is 5.10 Å². The Balaban J connectivity index is 1.45. The second-order valence-electron chi connectivity index (χ2n) is 6.17. The molecule has 1 aromatic carbocycles. The summed E-state index contributed by atoms with van der Waals surface area (Å²) >= 11 is 0. The van der Waals surface area contributed by atoms with Crippen molar-refractivity contribution in [2.24, 2.45) is 0 Å². The normalized spacial score (nSPS) is 15.3. The third-order valence-electron chi connectivity index (χ3n) is 4.50. The quantitative estimate of drug-likeness (QED) is 0.668. The smallest absolute Gasteiger partial charge is 0.144 e. The Kier molecular flexibility index (Phi) is 4.94. The van der Waals surface area contributed by atoms with E-state index in [0.717, 1.165) is 62.1 Å². The zero-order valence-corrected chi connectivity index (χ0v) is 14.8. The van der Waals surface area contributed by atoms with E-state index in [-0.39, 0.29) is 0 Å². The number of morpholine rings is 1. The third-order valence-corrected chi connectivity index (χ3v) is 4.50. The molecule has 8 heteroatoms. The summed E-state index contributed by atoms with van der Waals surface area (Å²) < 4.78 is 14.4. The van der Waals surface area contributed by atoms with Crippen molar-refractivity contribution in [2.75, 3.05) is 40.0 Å². The van der Waals surface area contributed by atoms with E-state index in [4.69, 9.17) is 9.47 Å². The van der Waals surface area contributed by atoms with Crippen LogP contribution in [0.25, 0.3) is 16.9 Å². The van der Waals surface area contributed by atoms with E-state index >= 15 is 0 Å². The summed E-state index contributed by atoms with van der Waals surface area (Å²) in [5.41, 5.74) is 2.63. The van der Waals surface area contributed by atoms with E-state index in [0.29, 0.717) is 0 Å². The highest BCUT2D eigenvalue weighted by Gasteiger charge is 2.12. The Morgan fingerprint density at radius 2 is 1.96 bits per heavy atom. The van der Waals surface area contributed by atoms with Crippen molar-refractivity contribution in [1.82, 2.24) is 29.7 Å². The maximum atomic E-state index is 5.40. The van der Waals surface area contributed by atoms with Crippen molar-refractivity contribution >= 4 is 0 Å². The third kappa shape index (κ3) is 3.61. The molecule has 3 heterocycles. The fourth-order valence-electron chi connectivity index (χ4n) is 3.01. The minimum Gasteiger partial charge on any atom is -0.494 e. The zero-order valence-electron chi connectivity index (χ0n) is 14.8. The number of aromatic nitrogens is 5. The lowest BCUT2D eigenvalue weighted by molar-refractivity contribution is 0.0359. The number of rotatable bonds is 6. The van der Waals surface area contributed by atoms with Gasteiger partial charge in [0.05, 0.1) is 39.3 Å². The molecule has 0 unspecified atom stereocenters. The summed E-state index contributed by atoms with van der Waals surface area (Å²) in [5.74, 6) is 0.774. The summed E-state index contributed by atoms with van der Waals surface area (Å²) in [5, 5.41) is 13.0. The average Bonchev–Trinajstić information content (AvgIpc) is 3.36. The van der Waals surface area contributed by atoms with Crippen LogP contribution in [0.15, 0.2) is 42.9 Å². The first-order valence-corrected chi connectivity index (χ1v) is 8.72.